The standard InChI is InChI=1S/C11H19N5O/c1-3-8-5-4-6-16(7-8)10-13-9(12)14-11(15-10)17-2/h8H,3-7H2,1-2H3,(H2,12,13,14,15). The van der Waals surface area contributed by atoms with Gasteiger partial charge in [-0.05, 0) is 18.8 Å². The molecule has 94 valence electrons. The fourth-order valence-corrected chi connectivity index (χ4v) is 2.17. The summed E-state index contributed by atoms with van der Waals surface area (Å²) >= 11 is 0. The van der Waals surface area contributed by atoms with Crippen LogP contribution in [0.4, 0.5) is 11.9 Å². The van der Waals surface area contributed by atoms with E-state index in [1.165, 1.54) is 26.4 Å². The van der Waals surface area contributed by atoms with E-state index in [1.807, 2.05) is 0 Å². The summed E-state index contributed by atoms with van der Waals surface area (Å²) in [4.78, 5) is 14.5. The minimum absolute atomic E-state index is 0.213. The lowest BCUT2D eigenvalue weighted by molar-refractivity contribution is 0.373. The molecule has 2 heterocycles. The lowest BCUT2D eigenvalue weighted by Crippen LogP contribution is -2.36. The van der Waals surface area contributed by atoms with Gasteiger partial charge < -0.3 is 15.4 Å². The normalized spacial score (nSPS) is 20.4. The van der Waals surface area contributed by atoms with Crippen LogP contribution in [-0.2, 0) is 0 Å². The summed E-state index contributed by atoms with van der Waals surface area (Å²) in [6.45, 7) is 4.18. The monoisotopic (exact) mass is 237 g/mol. The minimum atomic E-state index is 0.213. The molecule has 1 saturated heterocycles. The first kappa shape index (κ1) is 11.9. The quantitative estimate of drug-likeness (QED) is 0.848. The van der Waals surface area contributed by atoms with Crippen LogP contribution in [0.3, 0.4) is 0 Å². The van der Waals surface area contributed by atoms with E-state index in [0.717, 1.165) is 13.1 Å². The van der Waals surface area contributed by atoms with Crippen molar-refractivity contribution < 1.29 is 4.74 Å². The van der Waals surface area contributed by atoms with Crippen LogP contribution in [0.2, 0.25) is 0 Å². The Labute approximate surface area is 101 Å². The van der Waals surface area contributed by atoms with Crippen molar-refractivity contribution in [3.8, 4) is 6.01 Å². The molecule has 2 rings (SSSR count). The van der Waals surface area contributed by atoms with Crippen molar-refractivity contribution in [1.82, 2.24) is 15.0 Å². The SMILES string of the molecule is CCC1CCCN(c2nc(N)nc(OC)n2)C1. The van der Waals surface area contributed by atoms with Gasteiger partial charge in [0.25, 0.3) is 0 Å². The average molecular weight is 237 g/mol. The number of aromatic nitrogens is 3. The molecule has 1 unspecified atom stereocenters. The topological polar surface area (TPSA) is 77.2 Å². The largest absolute Gasteiger partial charge is 0.467 e. The molecular weight excluding hydrogens is 218 g/mol. The number of ether oxygens (including phenoxy) is 1. The lowest BCUT2D eigenvalue weighted by Gasteiger charge is -2.32. The smallest absolute Gasteiger partial charge is 0.322 e. The predicted octanol–water partition coefficient (Wildman–Crippen LogP) is 1.09. The van der Waals surface area contributed by atoms with Crippen LogP contribution in [0.1, 0.15) is 26.2 Å². The second kappa shape index (κ2) is 5.16. The number of anilines is 2. The first-order valence-electron chi connectivity index (χ1n) is 6.03. The van der Waals surface area contributed by atoms with Crippen molar-refractivity contribution in [3.05, 3.63) is 0 Å². The van der Waals surface area contributed by atoms with Gasteiger partial charge in [0.05, 0.1) is 7.11 Å². The minimum Gasteiger partial charge on any atom is -0.467 e. The van der Waals surface area contributed by atoms with Crippen LogP contribution in [0.25, 0.3) is 0 Å². The highest BCUT2D eigenvalue weighted by Gasteiger charge is 2.21. The van der Waals surface area contributed by atoms with Crippen LogP contribution in [0.5, 0.6) is 6.01 Å². The molecule has 6 heteroatoms. The lowest BCUT2D eigenvalue weighted by atomic mass is 9.96. The Morgan fingerprint density at radius 1 is 1.41 bits per heavy atom. The van der Waals surface area contributed by atoms with Gasteiger partial charge in [0.2, 0.25) is 11.9 Å². The van der Waals surface area contributed by atoms with Crippen LogP contribution in [-0.4, -0.2) is 35.2 Å². The van der Waals surface area contributed by atoms with Crippen molar-refractivity contribution in [2.45, 2.75) is 26.2 Å². The van der Waals surface area contributed by atoms with Gasteiger partial charge in [-0.1, -0.05) is 13.3 Å². The molecule has 0 aliphatic carbocycles. The zero-order chi connectivity index (χ0) is 12.3. The average Bonchev–Trinajstić information content (AvgIpc) is 2.38. The Hall–Kier alpha value is -1.59. The number of hydrogen-bond donors (Lipinski definition) is 1. The summed E-state index contributed by atoms with van der Waals surface area (Å²) in [5.41, 5.74) is 5.64. The number of nitrogen functional groups attached to an aromatic ring is 1. The van der Waals surface area contributed by atoms with Gasteiger partial charge in [0, 0.05) is 13.1 Å². The van der Waals surface area contributed by atoms with E-state index in [4.69, 9.17) is 10.5 Å². The fraction of sp³-hybridized carbons (Fsp3) is 0.727. The summed E-state index contributed by atoms with van der Waals surface area (Å²) in [5, 5.41) is 0. The summed E-state index contributed by atoms with van der Waals surface area (Å²) in [6.07, 6.45) is 3.64. The highest BCUT2D eigenvalue weighted by molar-refractivity contribution is 5.36. The Morgan fingerprint density at radius 3 is 2.94 bits per heavy atom. The molecular formula is C11H19N5O. The molecule has 0 aromatic carbocycles. The molecule has 0 radical (unpaired) electrons. The van der Waals surface area contributed by atoms with Crippen molar-refractivity contribution >= 4 is 11.9 Å². The fourth-order valence-electron chi connectivity index (χ4n) is 2.17. The van der Waals surface area contributed by atoms with E-state index >= 15 is 0 Å². The summed E-state index contributed by atoms with van der Waals surface area (Å²) in [7, 11) is 1.53. The van der Waals surface area contributed by atoms with Gasteiger partial charge in [-0.3, -0.25) is 0 Å². The second-order valence-electron chi connectivity index (χ2n) is 4.34. The van der Waals surface area contributed by atoms with Crippen molar-refractivity contribution in [3.63, 3.8) is 0 Å². The summed E-state index contributed by atoms with van der Waals surface area (Å²) < 4.78 is 5.01. The van der Waals surface area contributed by atoms with Gasteiger partial charge in [0.1, 0.15) is 0 Å². The van der Waals surface area contributed by atoms with Crippen LogP contribution in [0, 0.1) is 5.92 Å². The Kier molecular flexibility index (Phi) is 3.61. The highest BCUT2D eigenvalue weighted by Crippen LogP contribution is 2.23. The third-order valence-electron chi connectivity index (χ3n) is 3.18. The predicted molar refractivity (Wildman–Crippen MR) is 66.0 cm³/mol. The van der Waals surface area contributed by atoms with Gasteiger partial charge in [-0.15, -0.1) is 0 Å². The number of rotatable bonds is 3. The van der Waals surface area contributed by atoms with E-state index in [-0.39, 0.29) is 12.0 Å². The summed E-state index contributed by atoms with van der Waals surface area (Å²) in [5.74, 6) is 1.56. The molecule has 0 bridgehead atoms. The van der Waals surface area contributed by atoms with E-state index < -0.39 is 0 Å². The molecule has 1 aliphatic heterocycles. The molecule has 0 spiro atoms. The first-order chi connectivity index (χ1) is 8.22. The van der Waals surface area contributed by atoms with E-state index in [2.05, 4.69) is 26.8 Å². The molecule has 0 amide bonds. The second-order valence-corrected chi connectivity index (χ2v) is 4.34. The maximum absolute atomic E-state index is 5.64. The van der Waals surface area contributed by atoms with Gasteiger partial charge >= 0.3 is 6.01 Å². The Balaban J connectivity index is 2.18. The van der Waals surface area contributed by atoms with Gasteiger partial charge in [-0.2, -0.15) is 15.0 Å². The van der Waals surface area contributed by atoms with Gasteiger partial charge in [0.15, 0.2) is 0 Å². The molecule has 1 aliphatic rings. The molecule has 0 saturated carbocycles. The number of hydrogen-bond acceptors (Lipinski definition) is 6. The van der Waals surface area contributed by atoms with E-state index in [0.29, 0.717) is 11.9 Å². The number of nitrogens with zero attached hydrogens (tertiary/aromatic N) is 4. The van der Waals surface area contributed by atoms with Crippen LogP contribution in [0.15, 0.2) is 0 Å². The third-order valence-corrected chi connectivity index (χ3v) is 3.18. The van der Waals surface area contributed by atoms with Gasteiger partial charge in [-0.25, -0.2) is 0 Å². The molecule has 2 N–H and O–H groups in total. The molecule has 1 aromatic rings. The highest BCUT2D eigenvalue weighted by atomic mass is 16.5. The molecule has 6 nitrogen and oxygen atoms in total. The first-order valence-corrected chi connectivity index (χ1v) is 6.03. The van der Waals surface area contributed by atoms with Crippen molar-refractivity contribution in [2.75, 3.05) is 30.8 Å². The van der Waals surface area contributed by atoms with Crippen LogP contribution < -0.4 is 15.4 Å². The third kappa shape index (κ3) is 2.75. The zero-order valence-electron chi connectivity index (χ0n) is 10.4. The number of methoxy groups -OCH3 is 1. The van der Waals surface area contributed by atoms with Crippen LogP contribution >= 0.6 is 0 Å². The Bertz CT molecular complexity index is 384. The number of piperidine rings is 1. The maximum Gasteiger partial charge on any atom is 0.322 e. The molecule has 1 atom stereocenters. The zero-order valence-corrected chi connectivity index (χ0v) is 10.4. The molecule has 1 fully saturated rings. The Morgan fingerprint density at radius 2 is 2.24 bits per heavy atom. The van der Waals surface area contributed by atoms with Crippen molar-refractivity contribution in [2.24, 2.45) is 5.92 Å². The summed E-state index contributed by atoms with van der Waals surface area (Å²) in [6, 6.07) is 0.283. The number of nitrogens with two attached hydrogens (primary N) is 1. The molecule has 17 heavy (non-hydrogen) atoms. The van der Waals surface area contributed by atoms with E-state index in [1.54, 1.807) is 0 Å². The maximum atomic E-state index is 5.64. The molecule has 1 aromatic heterocycles. The van der Waals surface area contributed by atoms with Crippen molar-refractivity contribution in [1.29, 1.82) is 0 Å². The van der Waals surface area contributed by atoms with E-state index in [9.17, 15) is 0 Å².